The molecule has 4 nitrogen and oxygen atoms in total. The predicted molar refractivity (Wildman–Crippen MR) is 64.0 cm³/mol. The molecule has 0 heterocycles. The Bertz CT molecular complexity index is 549. The van der Waals surface area contributed by atoms with Gasteiger partial charge in [0.15, 0.2) is 0 Å². The second-order valence-electron chi connectivity index (χ2n) is 3.62. The molecule has 1 rings (SSSR count). The lowest BCUT2D eigenvalue weighted by Crippen LogP contribution is -2.32. The molecular weight excluding hydrogens is 243 g/mol. The summed E-state index contributed by atoms with van der Waals surface area (Å²) in [6.45, 7) is 1.60. The van der Waals surface area contributed by atoms with Crippen molar-refractivity contribution in [1.29, 1.82) is 0 Å². The third-order valence-electron chi connectivity index (χ3n) is 2.03. The summed E-state index contributed by atoms with van der Waals surface area (Å²) in [7, 11) is -3.91. The first-order valence-corrected chi connectivity index (χ1v) is 6.36. The molecule has 1 atom stereocenters. The minimum atomic E-state index is -3.91. The van der Waals surface area contributed by atoms with Crippen molar-refractivity contribution in [3.05, 3.63) is 24.0 Å². The van der Waals surface area contributed by atoms with Crippen LogP contribution >= 0.6 is 0 Å². The zero-order valence-electron chi connectivity index (χ0n) is 9.27. The van der Waals surface area contributed by atoms with Crippen molar-refractivity contribution in [2.75, 3.05) is 5.73 Å². The van der Waals surface area contributed by atoms with Gasteiger partial charge in [-0.05, 0) is 25.1 Å². The summed E-state index contributed by atoms with van der Waals surface area (Å²) < 4.78 is 39.3. The fourth-order valence-electron chi connectivity index (χ4n) is 1.28. The number of sulfonamides is 1. The van der Waals surface area contributed by atoms with Gasteiger partial charge in [0.1, 0.15) is 10.7 Å². The third-order valence-corrected chi connectivity index (χ3v) is 3.65. The first-order chi connectivity index (χ1) is 7.86. The number of benzene rings is 1. The van der Waals surface area contributed by atoms with E-state index >= 15 is 0 Å². The Morgan fingerprint density at radius 3 is 2.76 bits per heavy atom. The molecule has 0 spiro atoms. The number of halogens is 1. The molecule has 0 aliphatic rings. The zero-order valence-corrected chi connectivity index (χ0v) is 10.1. The fraction of sp³-hybridized carbons (Fsp3) is 0.273. The number of hydrogen-bond acceptors (Lipinski definition) is 3. The standard InChI is InChI=1S/C11H13FN2O2S/c1-3-4-8(2)14-17(15,16)11-6-5-9(13)7-10(11)12/h1,5-8,14H,4,13H2,2H3. The number of rotatable bonds is 4. The van der Waals surface area contributed by atoms with Crippen molar-refractivity contribution in [3.63, 3.8) is 0 Å². The maximum absolute atomic E-state index is 13.4. The summed E-state index contributed by atoms with van der Waals surface area (Å²) >= 11 is 0. The average molecular weight is 256 g/mol. The molecule has 92 valence electrons. The number of hydrogen-bond donors (Lipinski definition) is 2. The number of anilines is 1. The van der Waals surface area contributed by atoms with Crippen molar-refractivity contribution in [2.45, 2.75) is 24.3 Å². The van der Waals surface area contributed by atoms with Crippen molar-refractivity contribution >= 4 is 15.7 Å². The van der Waals surface area contributed by atoms with E-state index < -0.39 is 26.8 Å². The Morgan fingerprint density at radius 2 is 2.24 bits per heavy atom. The predicted octanol–water partition coefficient (Wildman–Crippen LogP) is 1.10. The van der Waals surface area contributed by atoms with Gasteiger partial charge in [0.05, 0.1) is 0 Å². The van der Waals surface area contributed by atoms with Crippen LogP contribution in [0.3, 0.4) is 0 Å². The van der Waals surface area contributed by atoms with E-state index in [-0.39, 0.29) is 12.1 Å². The second-order valence-corrected chi connectivity index (χ2v) is 5.30. The van der Waals surface area contributed by atoms with Crippen LogP contribution in [0.4, 0.5) is 10.1 Å². The fourth-order valence-corrected chi connectivity index (χ4v) is 2.58. The number of nitrogen functional groups attached to an aromatic ring is 1. The van der Waals surface area contributed by atoms with E-state index in [9.17, 15) is 12.8 Å². The first kappa shape index (κ1) is 13.5. The van der Waals surface area contributed by atoms with E-state index in [0.29, 0.717) is 0 Å². The summed E-state index contributed by atoms with van der Waals surface area (Å²) in [5.74, 6) is 1.44. The van der Waals surface area contributed by atoms with E-state index in [1.54, 1.807) is 6.92 Å². The van der Waals surface area contributed by atoms with Gasteiger partial charge in [-0.15, -0.1) is 12.3 Å². The number of nitrogens with one attached hydrogen (secondary N) is 1. The summed E-state index contributed by atoms with van der Waals surface area (Å²) in [4.78, 5) is -0.435. The van der Waals surface area contributed by atoms with Crippen LogP contribution in [0.15, 0.2) is 23.1 Å². The SMILES string of the molecule is C#CCC(C)NS(=O)(=O)c1ccc(N)cc1F. The van der Waals surface area contributed by atoms with E-state index in [2.05, 4.69) is 10.6 Å². The molecule has 0 bridgehead atoms. The lowest BCUT2D eigenvalue weighted by Gasteiger charge is -2.12. The molecule has 0 saturated carbocycles. The number of nitrogens with two attached hydrogens (primary N) is 1. The molecule has 0 radical (unpaired) electrons. The van der Waals surface area contributed by atoms with Gasteiger partial charge in [0.2, 0.25) is 10.0 Å². The largest absolute Gasteiger partial charge is 0.399 e. The van der Waals surface area contributed by atoms with Gasteiger partial charge in [-0.25, -0.2) is 17.5 Å². The Balaban J connectivity index is 3.02. The van der Waals surface area contributed by atoms with Crippen LogP contribution in [0.2, 0.25) is 0 Å². The normalized spacial score (nSPS) is 13.0. The van der Waals surface area contributed by atoms with Crippen LogP contribution in [-0.4, -0.2) is 14.5 Å². The topological polar surface area (TPSA) is 72.2 Å². The monoisotopic (exact) mass is 256 g/mol. The lowest BCUT2D eigenvalue weighted by atomic mass is 10.3. The van der Waals surface area contributed by atoms with Gasteiger partial charge in [0, 0.05) is 18.2 Å². The summed E-state index contributed by atoms with van der Waals surface area (Å²) in [6.07, 6.45) is 5.29. The van der Waals surface area contributed by atoms with Gasteiger partial charge in [-0.3, -0.25) is 0 Å². The molecule has 0 aliphatic carbocycles. The maximum Gasteiger partial charge on any atom is 0.243 e. The first-order valence-electron chi connectivity index (χ1n) is 4.87. The van der Waals surface area contributed by atoms with E-state index in [1.165, 1.54) is 6.07 Å². The molecule has 1 unspecified atom stereocenters. The molecular formula is C11H13FN2O2S. The maximum atomic E-state index is 13.4. The Hall–Kier alpha value is -1.58. The van der Waals surface area contributed by atoms with E-state index in [4.69, 9.17) is 12.2 Å². The molecule has 0 amide bonds. The Morgan fingerprint density at radius 1 is 1.59 bits per heavy atom. The van der Waals surface area contributed by atoms with Crippen molar-refractivity contribution in [3.8, 4) is 12.3 Å². The number of terminal acetylenes is 1. The lowest BCUT2D eigenvalue weighted by molar-refractivity contribution is 0.545. The molecule has 1 aromatic carbocycles. The Labute approximate surface area is 100 Å². The van der Waals surface area contributed by atoms with Gasteiger partial charge in [-0.2, -0.15) is 0 Å². The highest BCUT2D eigenvalue weighted by Crippen LogP contribution is 2.17. The van der Waals surface area contributed by atoms with Crippen LogP contribution in [0.25, 0.3) is 0 Å². The molecule has 0 aliphatic heterocycles. The molecule has 6 heteroatoms. The third kappa shape index (κ3) is 3.44. The molecule has 0 fully saturated rings. The van der Waals surface area contributed by atoms with Gasteiger partial charge >= 0.3 is 0 Å². The van der Waals surface area contributed by atoms with E-state index in [1.807, 2.05) is 0 Å². The van der Waals surface area contributed by atoms with Crippen molar-refractivity contribution < 1.29 is 12.8 Å². The second kappa shape index (κ2) is 5.17. The summed E-state index contributed by atoms with van der Waals surface area (Å²) in [5.41, 5.74) is 5.50. The Kier molecular flexibility index (Phi) is 4.10. The van der Waals surface area contributed by atoms with Crippen molar-refractivity contribution in [1.82, 2.24) is 4.72 Å². The van der Waals surface area contributed by atoms with Crippen LogP contribution in [-0.2, 0) is 10.0 Å². The minimum Gasteiger partial charge on any atom is -0.399 e. The smallest absolute Gasteiger partial charge is 0.243 e. The highest BCUT2D eigenvalue weighted by molar-refractivity contribution is 7.89. The quantitative estimate of drug-likeness (QED) is 0.626. The van der Waals surface area contributed by atoms with Crippen LogP contribution in [0, 0.1) is 18.2 Å². The summed E-state index contributed by atoms with van der Waals surface area (Å²) in [6, 6.07) is 2.95. The van der Waals surface area contributed by atoms with Crippen LogP contribution in [0.5, 0.6) is 0 Å². The van der Waals surface area contributed by atoms with Gasteiger partial charge < -0.3 is 5.73 Å². The van der Waals surface area contributed by atoms with E-state index in [0.717, 1.165) is 12.1 Å². The molecule has 0 aromatic heterocycles. The van der Waals surface area contributed by atoms with Crippen molar-refractivity contribution in [2.24, 2.45) is 0 Å². The molecule has 3 N–H and O–H groups in total. The molecule has 1 aromatic rings. The van der Waals surface area contributed by atoms with Crippen LogP contribution < -0.4 is 10.5 Å². The highest BCUT2D eigenvalue weighted by atomic mass is 32.2. The van der Waals surface area contributed by atoms with Crippen LogP contribution in [0.1, 0.15) is 13.3 Å². The minimum absolute atomic E-state index is 0.165. The summed E-state index contributed by atoms with van der Waals surface area (Å²) in [5, 5.41) is 0. The zero-order chi connectivity index (χ0) is 13.1. The molecule has 17 heavy (non-hydrogen) atoms. The average Bonchev–Trinajstić information content (AvgIpc) is 2.15. The molecule has 0 saturated heterocycles. The highest BCUT2D eigenvalue weighted by Gasteiger charge is 2.20. The van der Waals surface area contributed by atoms with Gasteiger partial charge in [-0.1, -0.05) is 0 Å². The van der Waals surface area contributed by atoms with Gasteiger partial charge in [0.25, 0.3) is 0 Å².